The molecule has 4 rings (SSSR count). The first kappa shape index (κ1) is 17.7. The Morgan fingerprint density at radius 1 is 1.37 bits per heavy atom. The van der Waals surface area contributed by atoms with Crippen molar-refractivity contribution >= 4 is 23.5 Å². The van der Waals surface area contributed by atoms with Crippen molar-refractivity contribution in [3.8, 4) is 11.4 Å². The third-order valence-corrected chi connectivity index (χ3v) is 5.09. The predicted octanol–water partition coefficient (Wildman–Crippen LogP) is 3.84. The highest BCUT2D eigenvalue weighted by atomic mass is 32.2. The lowest BCUT2D eigenvalue weighted by molar-refractivity contribution is -0.115. The molecule has 3 aromatic rings. The third-order valence-electron chi connectivity index (χ3n) is 4.15. The van der Waals surface area contributed by atoms with Gasteiger partial charge in [-0.3, -0.25) is 9.36 Å². The second-order valence-electron chi connectivity index (χ2n) is 6.36. The number of halogens is 1. The molecule has 1 aliphatic rings. The number of benzene rings is 1. The minimum Gasteiger partial charge on any atom is -0.360 e. The van der Waals surface area contributed by atoms with Crippen LogP contribution in [-0.4, -0.2) is 31.6 Å². The summed E-state index contributed by atoms with van der Waals surface area (Å²) < 4.78 is 21.1. The highest BCUT2D eigenvalue weighted by Crippen LogP contribution is 2.41. The van der Waals surface area contributed by atoms with Gasteiger partial charge in [0.15, 0.2) is 16.8 Å². The number of hydrogen-bond donors (Lipinski definition) is 1. The molecule has 1 aromatic carbocycles. The van der Waals surface area contributed by atoms with Crippen molar-refractivity contribution in [3.05, 3.63) is 41.9 Å². The Morgan fingerprint density at radius 2 is 2.19 bits per heavy atom. The van der Waals surface area contributed by atoms with Crippen molar-refractivity contribution < 1.29 is 13.7 Å². The summed E-state index contributed by atoms with van der Waals surface area (Å²) >= 11 is 1.44. The fourth-order valence-electron chi connectivity index (χ4n) is 2.73. The molecular formula is C18H18FN5O2S. The van der Waals surface area contributed by atoms with Crippen LogP contribution in [0.4, 0.5) is 10.2 Å². The Labute approximate surface area is 159 Å². The number of aromatic nitrogens is 4. The molecule has 0 saturated heterocycles. The quantitative estimate of drug-likeness (QED) is 0.620. The molecule has 1 N–H and O–H groups in total. The fourth-order valence-corrected chi connectivity index (χ4v) is 3.67. The molecule has 9 heteroatoms. The minimum atomic E-state index is -0.314. The molecule has 27 heavy (non-hydrogen) atoms. The summed E-state index contributed by atoms with van der Waals surface area (Å²) in [7, 11) is 0. The highest BCUT2D eigenvalue weighted by Gasteiger charge is 2.30. The smallest absolute Gasteiger partial charge is 0.226 e. The molecule has 1 fully saturated rings. The van der Waals surface area contributed by atoms with Gasteiger partial charge in [0.1, 0.15) is 11.6 Å². The van der Waals surface area contributed by atoms with Gasteiger partial charge in [-0.15, -0.1) is 10.2 Å². The number of carbonyl (C=O) groups excluding carboxylic acids is 1. The topological polar surface area (TPSA) is 85.8 Å². The first-order valence-corrected chi connectivity index (χ1v) is 9.66. The molecule has 0 unspecified atom stereocenters. The lowest BCUT2D eigenvalue weighted by Crippen LogP contribution is -2.12. The van der Waals surface area contributed by atoms with Gasteiger partial charge in [0.2, 0.25) is 5.91 Å². The van der Waals surface area contributed by atoms with Gasteiger partial charge in [0.25, 0.3) is 0 Å². The van der Waals surface area contributed by atoms with Crippen LogP contribution in [-0.2, 0) is 4.79 Å². The Kier molecular flexibility index (Phi) is 4.93. The molecular weight excluding hydrogens is 369 g/mol. The van der Waals surface area contributed by atoms with Crippen molar-refractivity contribution in [2.75, 3.05) is 11.1 Å². The Bertz CT molecular complexity index is 966. The Balaban J connectivity index is 1.42. The lowest BCUT2D eigenvalue weighted by Gasteiger charge is -2.09. The summed E-state index contributed by atoms with van der Waals surface area (Å²) in [6, 6.07) is 8.53. The van der Waals surface area contributed by atoms with E-state index in [0.29, 0.717) is 46.3 Å². The maximum absolute atomic E-state index is 14.2. The first-order valence-electron chi connectivity index (χ1n) is 8.67. The highest BCUT2D eigenvalue weighted by molar-refractivity contribution is 7.99. The minimum absolute atomic E-state index is 0.150. The zero-order chi connectivity index (χ0) is 18.8. The summed E-state index contributed by atoms with van der Waals surface area (Å²) in [6.07, 6.45) is 2.35. The number of rotatable bonds is 7. The molecule has 140 valence electrons. The summed E-state index contributed by atoms with van der Waals surface area (Å²) in [6.45, 7) is 1.76. The van der Waals surface area contributed by atoms with Crippen LogP contribution in [0.15, 0.2) is 40.0 Å². The SMILES string of the molecule is Cc1cc(NC(=O)CCSc2nnc(-c3ccccc3F)n2C2CC2)no1. The van der Waals surface area contributed by atoms with Crippen molar-refractivity contribution in [2.45, 2.75) is 37.4 Å². The van der Waals surface area contributed by atoms with Gasteiger partial charge < -0.3 is 9.84 Å². The normalized spacial score (nSPS) is 13.7. The van der Waals surface area contributed by atoms with E-state index in [1.165, 1.54) is 17.8 Å². The van der Waals surface area contributed by atoms with Crippen LogP contribution in [0.1, 0.15) is 31.1 Å². The number of carbonyl (C=O) groups is 1. The van der Waals surface area contributed by atoms with Gasteiger partial charge in [-0.2, -0.15) is 0 Å². The largest absolute Gasteiger partial charge is 0.360 e. The van der Waals surface area contributed by atoms with Crippen molar-refractivity contribution in [3.63, 3.8) is 0 Å². The number of amides is 1. The van der Waals surface area contributed by atoms with E-state index in [0.717, 1.165) is 12.8 Å². The standard InChI is InChI=1S/C18H18FN5O2S/c1-11-10-15(23-26-11)20-16(25)8-9-27-18-22-21-17(24(18)12-6-7-12)13-4-2-3-5-14(13)19/h2-5,10,12H,6-9H2,1H3,(H,20,23,25). The molecule has 0 radical (unpaired) electrons. The molecule has 2 aromatic heterocycles. The number of aryl methyl sites for hydroxylation is 1. The molecule has 7 nitrogen and oxygen atoms in total. The van der Waals surface area contributed by atoms with Crippen molar-refractivity contribution in [2.24, 2.45) is 0 Å². The lowest BCUT2D eigenvalue weighted by atomic mass is 10.2. The Morgan fingerprint density at radius 3 is 2.89 bits per heavy atom. The van der Waals surface area contributed by atoms with Gasteiger partial charge in [0, 0.05) is 24.3 Å². The van der Waals surface area contributed by atoms with Crippen LogP contribution >= 0.6 is 11.8 Å². The number of nitrogens with zero attached hydrogens (tertiary/aromatic N) is 4. The van der Waals surface area contributed by atoms with Crippen molar-refractivity contribution in [1.82, 2.24) is 19.9 Å². The average Bonchev–Trinajstić information content (AvgIpc) is 3.27. The summed E-state index contributed by atoms with van der Waals surface area (Å²) in [4.78, 5) is 12.0. The van der Waals surface area contributed by atoms with Gasteiger partial charge in [-0.1, -0.05) is 29.1 Å². The maximum atomic E-state index is 14.2. The van der Waals surface area contributed by atoms with E-state index in [4.69, 9.17) is 4.52 Å². The molecule has 1 saturated carbocycles. The summed E-state index contributed by atoms with van der Waals surface area (Å²) in [5.74, 6) is 1.65. The molecule has 0 aliphatic heterocycles. The second-order valence-corrected chi connectivity index (χ2v) is 7.42. The van der Waals surface area contributed by atoms with Crippen molar-refractivity contribution in [1.29, 1.82) is 0 Å². The van der Waals surface area contributed by atoms with Crippen LogP contribution < -0.4 is 5.32 Å². The number of hydrogen-bond acceptors (Lipinski definition) is 6. The monoisotopic (exact) mass is 387 g/mol. The molecule has 0 atom stereocenters. The van der Waals surface area contributed by atoms with Gasteiger partial charge in [-0.05, 0) is 31.9 Å². The van der Waals surface area contributed by atoms with Gasteiger partial charge in [-0.25, -0.2) is 4.39 Å². The number of thioether (sulfide) groups is 1. The first-order chi connectivity index (χ1) is 13.1. The van der Waals surface area contributed by atoms with E-state index < -0.39 is 0 Å². The van der Waals surface area contributed by atoms with E-state index in [1.807, 2.05) is 4.57 Å². The van der Waals surface area contributed by atoms with E-state index >= 15 is 0 Å². The summed E-state index contributed by atoms with van der Waals surface area (Å²) in [5, 5.41) is 15.6. The Hall–Kier alpha value is -2.68. The van der Waals surface area contributed by atoms with E-state index in [1.54, 1.807) is 31.2 Å². The average molecular weight is 387 g/mol. The van der Waals surface area contributed by atoms with Crippen LogP contribution in [0.2, 0.25) is 0 Å². The molecule has 0 spiro atoms. The van der Waals surface area contributed by atoms with Crippen LogP contribution in [0, 0.1) is 12.7 Å². The van der Waals surface area contributed by atoms with Crippen LogP contribution in [0.5, 0.6) is 0 Å². The van der Waals surface area contributed by atoms with E-state index in [2.05, 4.69) is 20.7 Å². The van der Waals surface area contributed by atoms with Gasteiger partial charge >= 0.3 is 0 Å². The number of nitrogens with one attached hydrogen (secondary N) is 1. The fraction of sp³-hybridized carbons (Fsp3) is 0.333. The van der Waals surface area contributed by atoms with E-state index in [9.17, 15) is 9.18 Å². The maximum Gasteiger partial charge on any atom is 0.226 e. The second kappa shape index (κ2) is 7.51. The molecule has 0 bridgehead atoms. The third kappa shape index (κ3) is 4.02. The van der Waals surface area contributed by atoms with Crippen LogP contribution in [0.25, 0.3) is 11.4 Å². The molecule has 2 heterocycles. The number of anilines is 1. The zero-order valence-electron chi connectivity index (χ0n) is 14.7. The predicted molar refractivity (Wildman–Crippen MR) is 98.9 cm³/mol. The molecule has 1 amide bonds. The van der Waals surface area contributed by atoms with Crippen LogP contribution in [0.3, 0.4) is 0 Å². The van der Waals surface area contributed by atoms with E-state index in [-0.39, 0.29) is 11.7 Å². The zero-order valence-corrected chi connectivity index (χ0v) is 15.5. The van der Waals surface area contributed by atoms with Gasteiger partial charge in [0.05, 0.1) is 5.56 Å². The molecule has 1 aliphatic carbocycles. The summed E-state index contributed by atoms with van der Waals surface area (Å²) in [5.41, 5.74) is 0.447.